The van der Waals surface area contributed by atoms with Gasteiger partial charge in [-0.25, -0.2) is 16.8 Å². The highest BCUT2D eigenvalue weighted by Crippen LogP contribution is 2.31. The second-order valence-corrected chi connectivity index (χ2v) is 14.8. The number of aliphatic hydroxyl groups is 1. The van der Waals surface area contributed by atoms with Gasteiger partial charge in [0.05, 0.1) is 30.5 Å². The third kappa shape index (κ3) is 7.15. The minimum absolute atomic E-state index is 0.00662. The van der Waals surface area contributed by atoms with Crippen LogP contribution in [0, 0.1) is 19.8 Å². The first-order chi connectivity index (χ1) is 20.1. The average molecular weight is 655 g/mol. The molecule has 2 N–H and O–H groups in total. The Bertz CT molecular complexity index is 1670. The van der Waals surface area contributed by atoms with Crippen molar-refractivity contribution in [1.29, 1.82) is 0 Å². The molecule has 3 aromatic rings. The number of anilines is 1. The molecule has 2 aromatic carbocycles. The zero-order valence-corrected chi connectivity index (χ0v) is 26.8. The summed E-state index contributed by atoms with van der Waals surface area (Å²) in [6.45, 7) is 6.45. The zero-order valence-electron chi connectivity index (χ0n) is 24.4. The highest BCUT2D eigenvalue weighted by atomic mass is 35.5. The summed E-state index contributed by atoms with van der Waals surface area (Å²) in [5, 5.41) is 14.0. The number of halogens is 1. The van der Waals surface area contributed by atoms with Crippen molar-refractivity contribution in [3.05, 3.63) is 64.5 Å². The molecule has 0 unspecified atom stereocenters. The third-order valence-electron chi connectivity index (χ3n) is 7.37. The van der Waals surface area contributed by atoms with E-state index in [-0.39, 0.29) is 64.9 Å². The lowest BCUT2D eigenvalue weighted by Gasteiger charge is -2.33. The van der Waals surface area contributed by atoms with E-state index in [4.69, 9.17) is 20.9 Å². The van der Waals surface area contributed by atoms with Gasteiger partial charge in [-0.2, -0.15) is 4.31 Å². The Morgan fingerprint density at radius 1 is 1.16 bits per heavy atom. The summed E-state index contributed by atoms with van der Waals surface area (Å²) < 4.78 is 68.1. The number of amides is 1. The number of aromatic nitrogens is 1. The first-order valence-corrected chi connectivity index (χ1v) is 16.8. The second kappa shape index (κ2) is 12.8. The fourth-order valence-electron chi connectivity index (χ4n) is 4.89. The van der Waals surface area contributed by atoms with E-state index in [1.807, 2.05) is 6.92 Å². The molecular weight excluding hydrogens is 620 g/mol. The van der Waals surface area contributed by atoms with Gasteiger partial charge in [0.1, 0.15) is 22.4 Å². The summed E-state index contributed by atoms with van der Waals surface area (Å²) in [4.78, 5) is 15.0. The maximum absolute atomic E-state index is 13.5. The van der Waals surface area contributed by atoms with Crippen LogP contribution in [0.5, 0.6) is 5.75 Å². The Kier molecular flexibility index (Phi) is 9.76. The molecule has 43 heavy (non-hydrogen) atoms. The molecule has 15 heteroatoms. The van der Waals surface area contributed by atoms with E-state index < -0.39 is 32.2 Å². The van der Waals surface area contributed by atoms with Crippen molar-refractivity contribution in [3.63, 3.8) is 0 Å². The first kappa shape index (κ1) is 32.7. The summed E-state index contributed by atoms with van der Waals surface area (Å²) in [5.74, 6) is -0.191. The minimum atomic E-state index is -4.00. The van der Waals surface area contributed by atoms with Gasteiger partial charge < -0.3 is 19.3 Å². The van der Waals surface area contributed by atoms with Gasteiger partial charge in [-0.05, 0) is 63.2 Å². The van der Waals surface area contributed by atoms with Gasteiger partial charge in [-0.1, -0.05) is 23.7 Å². The van der Waals surface area contributed by atoms with Gasteiger partial charge in [0, 0.05) is 35.8 Å². The lowest BCUT2D eigenvalue weighted by Crippen LogP contribution is -2.48. The number of nitrogens with one attached hydrogen (secondary N) is 1. The van der Waals surface area contributed by atoms with Crippen molar-refractivity contribution in [2.45, 2.75) is 56.1 Å². The van der Waals surface area contributed by atoms with Crippen LogP contribution in [0.1, 0.15) is 30.9 Å². The topological polar surface area (TPSA) is 159 Å². The lowest BCUT2D eigenvalue weighted by molar-refractivity contribution is -0.134. The van der Waals surface area contributed by atoms with Crippen LogP contribution in [0.15, 0.2) is 56.8 Å². The summed E-state index contributed by atoms with van der Waals surface area (Å²) in [5.41, 5.74) is 0.834. The minimum Gasteiger partial charge on any atom is -0.488 e. The van der Waals surface area contributed by atoms with Crippen molar-refractivity contribution in [3.8, 4) is 5.75 Å². The van der Waals surface area contributed by atoms with Crippen LogP contribution < -0.4 is 9.46 Å². The largest absolute Gasteiger partial charge is 0.488 e. The molecule has 0 bridgehead atoms. The first-order valence-electron chi connectivity index (χ1n) is 13.5. The van der Waals surface area contributed by atoms with Crippen LogP contribution in [0.25, 0.3) is 0 Å². The smallest absolute Gasteiger partial charge is 0.261 e. The SMILES string of the molecule is Cc1noc(C)c1S(=O)(=O)N(C)C[C@@H]1Oc2ccc(NS(=O)(=O)c3ccc(Cl)cc3)cc2CC(=O)N([C@H](C)CO)C[C@@H]1C. The van der Waals surface area contributed by atoms with Gasteiger partial charge in [0.15, 0.2) is 5.76 Å². The molecule has 2 heterocycles. The number of ether oxygens (including phenoxy) is 1. The van der Waals surface area contributed by atoms with Gasteiger partial charge in [-0.15, -0.1) is 0 Å². The van der Waals surface area contributed by atoms with Crippen LogP contribution in [0.3, 0.4) is 0 Å². The molecule has 1 aromatic heterocycles. The summed E-state index contributed by atoms with van der Waals surface area (Å²) in [6, 6.07) is 9.74. The van der Waals surface area contributed by atoms with Crippen LogP contribution in [0.4, 0.5) is 5.69 Å². The normalized spacial score (nSPS) is 18.8. The summed E-state index contributed by atoms with van der Waals surface area (Å²) in [6.07, 6.45) is -0.863. The molecule has 3 atom stereocenters. The number of nitrogens with zero attached hydrogens (tertiary/aromatic N) is 3. The predicted molar refractivity (Wildman–Crippen MR) is 160 cm³/mol. The molecule has 1 aliphatic rings. The van der Waals surface area contributed by atoms with E-state index in [0.717, 1.165) is 4.31 Å². The zero-order chi connectivity index (χ0) is 31.7. The molecule has 0 fully saturated rings. The molecule has 0 radical (unpaired) electrons. The Hall–Kier alpha value is -3.17. The van der Waals surface area contributed by atoms with Crippen molar-refractivity contribution >= 4 is 43.2 Å². The quantitative estimate of drug-likeness (QED) is 0.353. The molecule has 0 saturated heterocycles. The molecule has 4 rings (SSSR count). The number of aryl methyl sites for hydroxylation is 2. The average Bonchev–Trinajstić information content (AvgIpc) is 3.31. The van der Waals surface area contributed by atoms with Crippen molar-refractivity contribution in [1.82, 2.24) is 14.4 Å². The highest BCUT2D eigenvalue weighted by Gasteiger charge is 2.35. The molecule has 0 spiro atoms. The molecular formula is C28H35ClN4O8S2. The van der Waals surface area contributed by atoms with Gasteiger partial charge >= 0.3 is 0 Å². The van der Waals surface area contributed by atoms with E-state index in [9.17, 15) is 26.7 Å². The molecule has 0 aliphatic carbocycles. The van der Waals surface area contributed by atoms with E-state index in [1.165, 1.54) is 55.3 Å². The number of carbonyl (C=O) groups is 1. The standard InChI is InChI=1S/C28H35ClN4O8S2/c1-17-14-33(18(2)16-34)27(35)13-21-12-23(31-42(36,37)24-9-6-22(29)7-10-24)8-11-25(21)40-26(17)15-32(5)43(38,39)28-19(3)30-41-20(28)4/h6-12,17-18,26,31,34H,13-16H2,1-5H3/t17-,18+,26-/m0/s1. The Morgan fingerprint density at radius 2 is 1.84 bits per heavy atom. The van der Waals surface area contributed by atoms with E-state index >= 15 is 0 Å². The number of sulfonamides is 2. The van der Waals surface area contributed by atoms with Crippen LogP contribution in [-0.4, -0.2) is 81.1 Å². The number of hydrogen-bond acceptors (Lipinski definition) is 9. The van der Waals surface area contributed by atoms with Crippen LogP contribution in [0.2, 0.25) is 5.02 Å². The fourth-order valence-corrected chi connectivity index (χ4v) is 7.53. The second-order valence-electron chi connectivity index (χ2n) is 10.7. The maximum atomic E-state index is 13.5. The van der Waals surface area contributed by atoms with Gasteiger partial charge in [0.2, 0.25) is 15.9 Å². The maximum Gasteiger partial charge on any atom is 0.261 e. The number of rotatable bonds is 9. The Morgan fingerprint density at radius 3 is 2.44 bits per heavy atom. The Labute approximate surface area is 256 Å². The molecule has 0 saturated carbocycles. The van der Waals surface area contributed by atoms with Crippen molar-refractivity contribution in [2.75, 3.05) is 31.5 Å². The lowest BCUT2D eigenvalue weighted by atomic mass is 10.0. The molecule has 12 nitrogen and oxygen atoms in total. The van der Waals surface area contributed by atoms with Gasteiger partial charge in [-0.3, -0.25) is 9.52 Å². The highest BCUT2D eigenvalue weighted by molar-refractivity contribution is 7.92. The number of fused-ring (bicyclic) bond motifs is 1. The third-order valence-corrected chi connectivity index (χ3v) is 11.1. The molecule has 234 valence electrons. The number of benzene rings is 2. The predicted octanol–water partition coefficient (Wildman–Crippen LogP) is 3.22. The molecule has 1 aliphatic heterocycles. The van der Waals surface area contributed by atoms with Crippen LogP contribution in [-0.2, 0) is 31.3 Å². The molecule has 1 amide bonds. The number of carbonyl (C=O) groups excluding carboxylic acids is 1. The summed E-state index contributed by atoms with van der Waals surface area (Å²) >= 11 is 5.90. The van der Waals surface area contributed by atoms with Crippen LogP contribution >= 0.6 is 11.6 Å². The van der Waals surface area contributed by atoms with E-state index in [0.29, 0.717) is 16.3 Å². The summed E-state index contributed by atoms with van der Waals surface area (Å²) in [7, 11) is -6.53. The number of aliphatic hydroxyl groups excluding tert-OH is 1. The van der Waals surface area contributed by atoms with Crippen molar-refractivity contribution in [2.24, 2.45) is 5.92 Å². The fraction of sp³-hybridized carbons (Fsp3) is 0.429. The van der Waals surface area contributed by atoms with Gasteiger partial charge in [0.25, 0.3) is 10.0 Å². The Balaban J connectivity index is 1.69. The van der Waals surface area contributed by atoms with E-state index in [2.05, 4.69) is 9.88 Å². The number of likely N-dealkylation sites (N-methyl/N-ethyl adjacent to an activating group) is 1. The monoisotopic (exact) mass is 654 g/mol. The van der Waals surface area contributed by atoms with E-state index in [1.54, 1.807) is 19.9 Å². The number of hydrogen-bond donors (Lipinski definition) is 2. The van der Waals surface area contributed by atoms with Crippen molar-refractivity contribution < 1.29 is 36.0 Å².